The number of benzene rings is 1. The number of carbonyl (C=O) groups is 2. The van der Waals surface area contributed by atoms with Gasteiger partial charge in [0.05, 0.1) is 7.11 Å². The first kappa shape index (κ1) is 13.0. The maximum atomic E-state index is 12.7. The summed E-state index contributed by atoms with van der Waals surface area (Å²) in [5.74, 6) is 0.788. The van der Waals surface area contributed by atoms with Crippen LogP contribution in [0.1, 0.15) is 19.8 Å². The van der Waals surface area contributed by atoms with Gasteiger partial charge in [0.25, 0.3) is 5.91 Å². The fourth-order valence-corrected chi connectivity index (χ4v) is 2.80. The number of methoxy groups -OCH3 is 1. The molecule has 3 rings (SSSR count). The van der Waals surface area contributed by atoms with Crippen LogP contribution in [-0.2, 0) is 9.59 Å². The quantitative estimate of drug-likeness (QED) is 0.904. The van der Waals surface area contributed by atoms with Gasteiger partial charge >= 0.3 is 0 Å². The lowest BCUT2D eigenvalue weighted by Crippen LogP contribution is -2.66. The van der Waals surface area contributed by atoms with E-state index in [9.17, 15) is 9.59 Å². The van der Waals surface area contributed by atoms with E-state index >= 15 is 0 Å². The van der Waals surface area contributed by atoms with Gasteiger partial charge in [0.15, 0.2) is 0 Å². The van der Waals surface area contributed by atoms with Crippen molar-refractivity contribution in [3.63, 3.8) is 0 Å². The molecule has 1 aliphatic carbocycles. The van der Waals surface area contributed by atoms with E-state index in [1.807, 2.05) is 25.1 Å². The summed E-state index contributed by atoms with van der Waals surface area (Å²) in [6.07, 6.45) is 1.99. The Balaban J connectivity index is 1.95. The van der Waals surface area contributed by atoms with Gasteiger partial charge in [-0.2, -0.15) is 0 Å². The molecule has 1 atom stereocenters. The predicted molar refractivity (Wildman–Crippen MR) is 74.6 cm³/mol. The maximum absolute atomic E-state index is 12.7. The fourth-order valence-electron chi connectivity index (χ4n) is 2.80. The molecule has 2 aliphatic rings. The number of piperazine rings is 1. The summed E-state index contributed by atoms with van der Waals surface area (Å²) in [6.45, 7) is 1.89. The number of nitrogens with one attached hydrogen (secondary N) is 1. The second-order valence-corrected chi connectivity index (χ2v) is 5.62. The molecule has 2 fully saturated rings. The Morgan fingerprint density at radius 2 is 2.10 bits per heavy atom. The molecule has 1 heterocycles. The van der Waals surface area contributed by atoms with E-state index in [2.05, 4.69) is 5.32 Å². The van der Waals surface area contributed by atoms with Crippen molar-refractivity contribution >= 4 is 17.5 Å². The van der Waals surface area contributed by atoms with Crippen LogP contribution in [0.15, 0.2) is 24.3 Å². The molecule has 106 valence electrons. The zero-order chi connectivity index (χ0) is 14.3. The molecule has 20 heavy (non-hydrogen) atoms. The van der Waals surface area contributed by atoms with Crippen molar-refractivity contribution in [1.82, 2.24) is 5.32 Å². The van der Waals surface area contributed by atoms with E-state index < -0.39 is 5.54 Å². The van der Waals surface area contributed by atoms with Crippen LogP contribution in [0, 0.1) is 5.92 Å². The molecule has 0 radical (unpaired) electrons. The van der Waals surface area contributed by atoms with Gasteiger partial charge in [0.1, 0.15) is 17.8 Å². The third kappa shape index (κ3) is 2.03. The number of carbonyl (C=O) groups excluding carboxylic acids is 2. The average Bonchev–Trinajstić information content (AvgIpc) is 3.28. The highest BCUT2D eigenvalue weighted by Gasteiger charge is 2.52. The smallest absolute Gasteiger partial charge is 0.253 e. The second kappa shape index (κ2) is 4.51. The molecule has 1 N–H and O–H groups in total. The summed E-state index contributed by atoms with van der Waals surface area (Å²) in [6, 6.07) is 7.25. The van der Waals surface area contributed by atoms with Crippen LogP contribution in [0.2, 0.25) is 0 Å². The SMILES string of the molecule is COc1cccc(N2CC(=O)NC(C)(C3CC3)C2=O)c1. The minimum Gasteiger partial charge on any atom is -0.497 e. The topological polar surface area (TPSA) is 58.6 Å². The van der Waals surface area contributed by atoms with Gasteiger partial charge in [-0.3, -0.25) is 9.59 Å². The lowest BCUT2D eigenvalue weighted by Gasteiger charge is -2.40. The average molecular weight is 274 g/mol. The Labute approximate surface area is 117 Å². The minimum absolute atomic E-state index is 0.0344. The molecule has 0 bridgehead atoms. The lowest BCUT2D eigenvalue weighted by atomic mass is 9.91. The van der Waals surface area contributed by atoms with E-state index in [-0.39, 0.29) is 24.3 Å². The van der Waals surface area contributed by atoms with Gasteiger partial charge in [-0.1, -0.05) is 6.07 Å². The monoisotopic (exact) mass is 274 g/mol. The maximum Gasteiger partial charge on any atom is 0.253 e. The molecule has 1 aromatic rings. The van der Waals surface area contributed by atoms with Crippen molar-refractivity contribution in [2.45, 2.75) is 25.3 Å². The second-order valence-electron chi connectivity index (χ2n) is 5.62. The van der Waals surface area contributed by atoms with Gasteiger partial charge in [-0.05, 0) is 37.8 Å². The van der Waals surface area contributed by atoms with E-state index in [1.54, 1.807) is 18.1 Å². The largest absolute Gasteiger partial charge is 0.497 e. The van der Waals surface area contributed by atoms with Gasteiger partial charge in [-0.15, -0.1) is 0 Å². The molecule has 1 unspecified atom stereocenters. The zero-order valence-electron chi connectivity index (χ0n) is 11.7. The molecular weight excluding hydrogens is 256 g/mol. The summed E-state index contributed by atoms with van der Waals surface area (Å²) < 4.78 is 5.18. The van der Waals surface area contributed by atoms with Crippen molar-refractivity contribution in [2.75, 3.05) is 18.6 Å². The Morgan fingerprint density at radius 3 is 2.75 bits per heavy atom. The first-order chi connectivity index (χ1) is 9.54. The van der Waals surface area contributed by atoms with Crippen LogP contribution >= 0.6 is 0 Å². The van der Waals surface area contributed by atoms with Crippen molar-refractivity contribution in [3.8, 4) is 5.75 Å². The third-order valence-electron chi connectivity index (χ3n) is 4.15. The van der Waals surface area contributed by atoms with E-state index in [0.29, 0.717) is 11.4 Å². The highest BCUT2D eigenvalue weighted by molar-refractivity contribution is 6.09. The summed E-state index contributed by atoms with van der Waals surface area (Å²) in [7, 11) is 1.58. The van der Waals surface area contributed by atoms with Gasteiger partial charge in [0.2, 0.25) is 5.91 Å². The van der Waals surface area contributed by atoms with Crippen LogP contribution in [0.4, 0.5) is 5.69 Å². The van der Waals surface area contributed by atoms with E-state index in [1.165, 1.54) is 0 Å². The Morgan fingerprint density at radius 1 is 1.35 bits per heavy atom. The summed E-state index contributed by atoms with van der Waals surface area (Å²) >= 11 is 0. The number of rotatable bonds is 3. The van der Waals surface area contributed by atoms with Crippen LogP contribution in [0.5, 0.6) is 5.75 Å². The standard InChI is InChI=1S/C15H18N2O3/c1-15(10-6-7-10)14(19)17(9-13(18)16-15)11-4-3-5-12(8-11)20-2/h3-5,8,10H,6-7,9H2,1-2H3,(H,16,18). The molecular formula is C15H18N2O3. The Kier molecular flexibility index (Phi) is 2.92. The number of amides is 2. The minimum atomic E-state index is -0.765. The molecule has 1 saturated heterocycles. The molecule has 5 nitrogen and oxygen atoms in total. The van der Waals surface area contributed by atoms with Crippen molar-refractivity contribution in [3.05, 3.63) is 24.3 Å². The van der Waals surface area contributed by atoms with Crippen LogP contribution in [0.3, 0.4) is 0 Å². The Bertz CT molecular complexity index is 568. The summed E-state index contributed by atoms with van der Waals surface area (Å²) in [5, 5.41) is 2.87. The van der Waals surface area contributed by atoms with Crippen LogP contribution in [0.25, 0.3) is 0 Å². The van der Waals surface area contributed by atoms with E-state index in [4.69, 9.17) is 4.74 Å². The normalized spacial score (nSPS) is 26.4. The highest BCUT2D eigenvalue weighted by Crippen LogP contribution is 2.42. The molecule has 1 aromatic carbocycles. The molecule has 1 aliphatic heterocycles. The zero-order valence-corrected chi connectivity index (χ0v) is 11.7. The van der Waals surface area contributed by atoms with Crippen molar-refractivity contribution < 1.29 is 14.3 Å². The van der Waals surface area contributed by atoms with Crippen molar-refractivity contribution in [2.24, 2.45) is 5.92 Å². The number of hydrogen-bond acceptors (Lipinski definition) is 3. The third-order valence-corrected chi connectivity index (χ3v) is 4.15. The van der Waals surface area contributed by atoms with Gasteiger partial charge in [0, 0.05) is 11.8 Å². The predicted octanol–water partition coefficient (Wildman–Crippen LogP) is 1.33. The molecule has 0 aromatic heterocycles. The number of nitrogens with zero attached hydrogens (tertiary/aromatic N) is 1. The van der Waals surface area contributed by atoms with Crippen molar-refractivity contribution in [1.29, 1.82) is 0 Å². The highest BCUT2D eigenvalue weighted by atomic mass is 16.5. The van der Waals surface area contributed by atoms with Crippen LogP contribution in [-0.4, -0.2) is 31.0 Å². The molecule has 5 heteroatoms. The summed E-state index contributed by atoms with van der Waals surface area (Å²) in [5.41, 5.74) is -0.0608. The molecule has 1 saturated carbocycles. The Hall–Kier alpha value is -2.04. The lowest BCUT2D eigenvalue weighted by molar-refractivity contribution is -0.136. The van der Waals surface area contributed by atoms with Crippen LogP contribution < -0.4 is 15.0 Å². The molecule has 2 amide bonds. The number of hydrogen-bond donors (Lipinski definition) is 1. The molecule has 0 spiro atoms. The van der Waals surface area contributed by atoms with Gasteiger partial charge in [-0.25, -0.2) is 0 Å². The summed E-state index contributed by atoms with van der Waals surface area (Å²) in [4.78, 5) is 26.3. The number of ether oxygens (including phenoxy) is 1. The number of anilines is 1. The van der Waals surface area contributed by atoms with Gasteiger partial charge < -0.3 is 15.0 Å². The fraction of sp³-hybridized carbons (Fsp3) is 0.467. The first-order valence-corrected chi connectivity index (χ1v) is 6.81. The first-order valence-electron chi connectivity index (χ1n) is 6.81. The van der Waals surface area contributed by atoms with E-state index in [0.717, 1.165) is 12.8 Å².